The van der Waals surface area contributed by atoms with Gasteiger partial charge in [-0.2, -0.15) is 0 Å². The van der Waals surface area contributed by atoms with Gasteiger partial charge in [0.1, 0.15) is 17.7 Å². The third kappa shape index (κ3) is 9.65. The third-order valence-corrected chi connectivity index (χ3v) is 5.69. The lowest BCUT2D eigenvalue weighted by molar-refractivity contribution is -0.144. The summed E-state index contributed by atoms with van der Waals surface area (Å²) in [7, 11) is -2.50. The fourth-order valence-electron chi connectivity index (χ4n) is 2.58. The minimum Gasteiger partial charge on any atom is -0.467 e. The Labute approximate surface area is 189 Å². The van der Waals surface area contributed by atoms with Crippen LogP contribution >= 0.6 is 0 Å². The second-order valence-electron chi connectivity index (χ2n) is 8.31. The average molecular weight is 472 g/mol. The van der Waals surface area contributed by atoms with Crippen LogP contribution in [0.1, 0.15) is 46.1 Å². The summed E-state index contributed by atoms with van der Waals surface area (Å²) in [5.74, 6) is -1.25. The quantitative estimate of drug-likeness (QED) is 0.348. The van der Waals surface area contributed by atoms with Crippen LogP contribution < -0.4 is 15.4 Å². The molecular weight excluding hydrogens is 438 g/mol. The molecule has 2 amide bonds. The van der Waals surface area contributed by atoms with E-state index >= 15 is 0 Å². The van der Waals surface area contributed by atoms with Crippen LogP contribution in [0.5, 0.6) is 0 Å². The fourth-order valence-corrected chi connectivity index (χ4v) is 3.66. The maximum absolute atomic E-state index is 12.6. The zero-order chi connectivity index (χ0) is 24.5. The van der Waals surface area contributed by atoms with Gasteiger partial charge >= 0.3 is 12.1 Å². The Bertz CT molecular complexity index is 893. The number of ether oxygens (including phenoxy) is 2. The maximum atomic E-state index is 12.6. The van der Waals surface area contributed by atoms with Gasteiger partial charge in [0.25, 0.3) is 0 Å². The van der Waals surface area contributed by atoms with Gasteiger partial charge < -0.3 is 20.1 Å². The highest BCUT2D eigenvalue weighted by Gasteiger charge is 2.27. The molecule has 0 aliphatic heterocycles. The van der Waals surface area contributed by atoms with Gasteiger partial charge in [-0.1, -0.05) is 17.7 Å². The summed E-state index contributed by atoms with van der Waals surface area (Å²) in [5.41, 5.74) is 0.167. The number of nitrogens with one attached hydrogen (secondary N) is 3. The van der Waals surface area contributed by atoms with Gasteiger partial charge in [0.15, 0.2) is 0 Å². The van der Waals surface area contributed by atoms with E-state index in [1.165, 1.54) is 26.2 Å². The second-order valence-corrected chi connectivity index (χ2v) is 10.1. The number of esters is 1. The van der Waals surface area contributed by atoms with Crippen molar-refractivity contribution in [2.24, 2.45) is 0 Å². The Kier molecular flexibility index (Phi) is 10.1. The Morgan fingerprint density at radius 2 is 1.66 bits per heavy atom. The van der Waals surface area contributed by atoms with Gasteiger partial charge in [0.2, 0.25) is 15.9 Å². The number of amides is 2. The first-order valence-corrected chi connectivity index (χ1v) is 11.7. The van der Waals surface area contributed by atoms with Crippen LogP contribution in [0.2, 0.25) is 0 Å². The highest BCUT2D eigenvalue weighted by molar-refractivity contribution is 7.89. The summed E-state index contributed by atoms with van der Waals surface area (Å²) < 4.78 is 37.0. The van der Waals surface area contributed by atoms with E-state index in [4.69, 9.17) is 4.74 Å². The molecule has 0 aromatic heterocycles. The van der Waals surface area contributed by atoms with Gasteiger partial charge in [0, 0.05) is 6.54 Å². The molecule has 0 saturated carbocycles. The van der Waals surface area contributed by atoms with Crippen molar-refractivity contribution in [3.63, 3.8) is 0 Å². The summed E-state index contributed by atoms with van der Waals surface area (Å²) in [6, 6.07) is 4.44. The Morgan fingerprint density at radius 3 is 2.19 bits per heavy atom. The minimum atomic E-state index is -3.70. The number of carbonyl (C=O) groups excluding carboxylic acids is 3. The Balaban J connectivity index is 2.75. The molecule has 0 aliphatic rings. The van der Waals surface area contributed by atoms with E-state index in [2.05, 4.69) is 20.1 Å². The summed E-state index contributed by atoms with van der Waals surface area (Å²) in [6.07, 6.45) is -0.454. The molecule has 1 aromatic carbocycles. The number of hydrogen-bond donors (Lipinski definition) is 3. The van der Waals surface area contributed by atoms with E-state index in [0.29, 0.717) is 0 Å². The van der Waals surface area contributed by atoms with E-state index in [-0.39, 0.29) is 24.3 Å². The molecule has 180 valence electrons. The molecule has 0 heterocycles. The predicted molar refractivity (Wildman–Crippen MR) is 118 cm³/mol. The number of sulfonamides is 1. The summed E-state index contributed by atoms with van der Waals surface area (Å²) in [6.45, 7) is 8.39. The fraction of sp³-hybridized carbons (Fsp3) is 0.571. The summed E-state index contributed by atoms with van der Waals surface area (Å²) in [4.78, 5) is 36.4. The highest BCUT2D eigenvalue weighted by Crippen LogP contribution is 2.11. The maximum Gasteiger partial charge on any atom is 0.408 e. The van der Waals surface area contributed by atoms with Gasteiger partial charge in [-0.25, -0.2) is 22.7 Å². The van der Waals surface area contributed by atoms with Crippen molar-refractivity contribution in [1.29, 1.82) is 0 Å². The van der Waals surface area contributed by atoms with Crippen molar-refractivity contribution < 1.29 is 32.3 Å². The Morgan fingerprint density at radius 1 is 1.06 bits per heavy atom. The van der Waals surface area contributed by atoms with Gasteiger partial charge in [-0.05, 0) is 59.6 Å². The SMILES string of the molecule is COC(=O)[C@H](C)NC(=O)[C@H](CCCNS(=O)(=O)c1ccc(C)cc1)NC(=O)OC(C)(C)C. The molecule has 0 saturated heterocycles. The molecule has 0 radical (unpaired) electrons. The number of aryl methyl sites for hydroxylation is 1. The van der Waals surface area contributed by atoms with Crippen LogP contribution in [0, 0.1) is 6.92 Å². The standard InChI is InChI=1S/C21H33N3O7S/c1-14-9-11-16(12-10-14)32(28,29)22-13-7-8-17(24-20(27)31-21(3,4)5)18(25)23-15(2)19(26)30-6/h9-12,15,17,22H,7-8,13H2,1-6H3,(H,23,25)(H,24,27)/t15-,17-/m0/s1. The van der Waals surface area contributed by atoms with Crippen molar-refractivity contribution >= 4 is 28.0 Å². The van der Waals surface area contributed by atoms with Crippen LogP contribution in [0.4, 0.5) is 4.79 Å². The van der Waals surface area contributed by atoms with Crippen LogP contribution in [-0.2, 0) is 29.1 Å². The van der Waals surface area contributed by atoms with Crippen molar-refractivity contribution in [3.8, 4) is 0 Å². The molecule has 32 heavy (non-hydrogen) atoms. The lowest BCUT2D eigenvalue weighted by Crippen LogP contribution is -2.51. The second kappa shape index (κ2) is 11.8. The molecular formula is C21H33N3O7S. The van der Waals surface area contributed by atoms with E-state index in [1.54, 1.807) is 32.9 Å². The smallest absolute Gasteiger partial charge is 0.408 e. The molecule has 0 aliphatic carbocycles. The summed E-state index contributed by atoms with van der Waals surface area (Å²) in [5, 5.41) is 4.93. The number of methoxy groups -OCH3 is 1. The van der Waals surface area contributed by atoms with Gasteiger partial charge in [-0.15, -0.1) is 0 Å². The molecule has 10 nitrogen and oxygen atoms in total. The average Bonchev–Trinajstić information content (AvgIpc) is 2.68. The first kappa shape index (κ1) is 27.4. The van der Waals surface area contributed by atoms with E-state index in [0.717, 1.165) is 5.56 Å². The lowest BCUT2D eigenvalue weighted by Gasteiger charge is -2.24. The zero-order valence-electron chi connectivity index (χ0n) is 19.4. The molecule has 0 unspecified atom stereocenters. The zero-order valence-corrected chi connectivity index (χ0v) is 20.2. The van der Waals surface area contributed by atoms with Crippen LogP contribution in [0.15, 0.2) is 29.2 Å². The normalized spacial score (nSPS) is 13.6. The van der Waals surface area contributed by atoms with Crippen molar-refractivity contribution in [2.75, 3.05) is 13.7 Å². The van der Waals surface area contributed by atoms with E-state index in [9.17, 15) is 22.8 Å². The third-order valence-electron chi connectivity index (χ3n) is 4.21. The molecule has 1 rings (SSSR count). The molecule has 0 fully saturated rings. The van der Waals surface area contributed by atoms with Crippen molar-refractivity contribution in [1.82, 2.24) is 15.4 Å². The molecule has 11 heteroatoms. The molecule has 1 aromatic rings. The summed E-state index contributed by atoms with van der Waals surface area (Å²) >= 11 is 0. The van der Waals surface area contributed by atoms with Crippen LogP contribution in [-0.4, -0.2) is 57.7 Å². The van der Waals surface area contributed by atoms with Crippen LogP contribution in [0.25, 0.3) is 0 Å². The van der Waals surface area contributed by atoms with Gasteiger partial charge in [-0.3, -0.25) is 4.79 Å². The topological polar surface area (TPSA) is 140 Å². The number of hydrogen-bond acceptors (Lipinski definition) is 7. The first-order chi connectivity index (χ1) is 14.7. The van der Waals surface area contributed by atoms with Gasteiger partial charge in [0.05, 0.1) is 12.0 Å². The monoisotopic (exact) mass is 471 g/mol. The number of benzene rings is 1. The highest BCUT2D eigenvalue weighted by atomic mass is 32.2. The minimum absolute atomic E-state index is 0.0442. The van der Waals surface area contributed by atoms with E-state index in [1.807, 2.05) is 6.92 Å². The number of carbonyl (C=O) groups is 3. The molecule has 0 spiro atoms. The first-order valence-electron chi connectivity index (χ1n) is 10.2. The predicted octanol–water partition coefficient (Wildman–Crippen LogP) is 1.62. The van der Waals surface area contributed by atoms with Crippen LogP contribution in [0.3, 0.4) is 0 Å². The lowest BCUT2D eigenvalue weighted by atomic mass is 10.1. The molecule has 3 N–H and O–H groups in total. The molecule has 0 bridgehead atoms. The van der Waals surface area contributed by atoms with E-state index < -0.39 is 45.7 Å². The Hall–Kier alpha value is -2.66. The number of alkyl carbamates (subject to hydrolysis) is 1. The number of rotatable bonds is 10. The molecule has 2 atom stereocenters. The van der Waals surface area contributed by atoms with Crippen molar-refractivity contribution in [2.45, 2.75) is 70.0 Å². The largest absolute Gasteiger partial charge is 0.467 e. The van der Waals surface area contributed by atoms with Crippen molar-refractivity contribution in [3.05, 3.63) is 29.8 Å².